The van der Waals surface area contributed by atoms with Crippen LogP contribution >= 0.6 is 0 Å². The van der Waals surface area contributed by atoms with Crippen LogP contribution in [-0.4, -0.2) is 64.2 Å². The highest BCUT2D eigenvalue weighted by Crippen LogP contribution is 2.33. The number of aromatic nitrogens is 5. The van der Waals surface area contributed by atoms with Crippen LogP contribution in [-0.2, 0) is 6.54 Å². The molecule has 3 heterocycles. The van der Waals surface area contributed by atoms with Crippen molar-refractivity contribution in [1.29, 1.82) is 0 Å². The first-order valence-corrected chi connectivity index (χ1v) is 12.3. The Hall–Kier alpha value is -4.77. The number of hydrogen-bond donors (Lipinski definition) is 2. The normalized spacial score (nSPS) is 11.2. The third-order valence-electron chi connectivity index (χ3n) is 6.24. The molecule has 0 saturated carbocycles. The molecule has 0 bridgehead atoms. The molecular weight excluding hydrogens is 498 g/mol. The number of fused-ring (bicyclic) bond motifs is 2. The van der Waals surface area contributed by atoms with Crippen LogP contribution < -0.4 is 25.1 Å². The minimum absolute atomic E-state index is 0.234. The van der Waals surface area contributed by atoms with E-state index >= 15 is 0 Å². The molecule has 3 aromatic heterocycles. The third kappa shape index (κ3) is 5.88. The van der Waals surface area contributed by atoms with Crippen molar-refractivity contribution < 1.29 is 14.2 Å². The minimum Gasteiger partial charge on any atom is -0.493 e. The van der Waals surface area contributed by atoms with Crippen molar-refractivity contribution in [3.63, 3.8) is 0 Å². The van der Waals surface area contributed by atoms with Crippen LogP contribution in [0.5, 0.6) is 17.2 Å². The van der Waals surface area contributed by atoms with E-state index in [1.807, 2.05) is 32.2 Å². The monoisotopic (exact) mass is 527 g/mol. The number of aromatic amines is 1. The number of benzene rings is 2. The molecule has 0 spiro atoms. The molecule has 0 atom stereocenters. The summed E-state index contributed by atoms with van der Waals surface area (Å²) in [6.45, 7) is 3.87. The van der Waals surface area contributed by atoms with Gasteiger partial charge in [0.25, 0.3) is 5.56 Å². The number of aryl methyl sites for hydroxylation is 1. The smallest absolute Gasteiger partial charge is 0.260 e. The lowest BCUT2D eigenvalue weighted by Crippen LogP contribution is -2.23. The van der Waals surface area contributed by atoms with Gasteiger partial charge in [-0.2, -0.15) is 0 Å². The summed E-state index contributed by atoms with van der Waals surface area (Å²) in [4.78, 5) is 35.5. The summed E-state index contributed by atoms with van der Waals surface area (Å²) in [5.41, 5.74) is 2.81. The summed E-state index contributed by atoms with van der Waals surface area (Å²) in [6.07, 6.45) is 3.57. The van der Waals surface area contributed by atoms with Gasteiger partial charge in [0, 0.05) is 36.9 Å². The zero-order chi connectivity index (χ0) is 27.4. The maximum absolute atomic E-state index is 12.9. The quantitative estimate of drug-likeness (QED) is 0.276. The van der Waals surface area contributed by atoms with E-state index in [-0.39, 0.29) is 11.5 Å². The van der Waals surface area contributed by atoms with Gasteiger partial charge in [-0.05, 0) is 55.9 Å². The first-order chi connectivity index (χ1) is 18.9. The molecule has 0 amide bonds. The van der Waals surface area contributed by atoms with E-state index < -0.39 is 0 Å². The first kappa shape index (κ1) is 25.9. The summed E-state index contributed by atoms with van der Waals surface area (Å²) in [6, 6.07) is 12.9. The number of hydrogen-bond acceptors (Lipinski definition) is 10. The second-order valence-electron chi connectivity index (χ2n) is 9.02. The van der Waals surface area contributed by atoms with Crippen molar-refractivity contribution in [2.24, 2.45) is 0 Å². The van der Waals surface area contributed by atoms with Crippen LogP contribution in [0.15, 0.2) is 59.7 Å². The highest BCUT2D eigenvalue weighted by atomic mass is 16.5. The number of ether oxygens (including phenoxy) is 3. The molecule has 0 aliphatic heterocycles. The number of pyridine rings is 1. The average Bonchev–Trinajstić information content (AvgIpc) is 2.93. The van der Waals surface area contributed by atoms with Crippen LogP contribution in [0.3, 0.4) is 0 Å². The van der Waals surface area contributed by atoms with Gasteiger partial charge < -0.3 is 14.2 Å². The first-order valence-electron chi connectivity index (χ1n) is 12.3. The molecule has 11 nitrogen and oxygen atoms in total. The highest BCUT2D eigenvalue weighted by Gasteiger charge is 2.13. The molecule has 200 valence electrons. The van der Waals surface area contributed by atoms with E-state index in [0.29, 0.717) is 46.2 Å². The van der Waals surface area contributed by atoms with Gasteiger partial charge in [0.1, 0.15) is 12.4 Å². The fraction of sp³-hybridized carbons (Fsp3) is 0.250. The summed E-state index contributed by atoms with van der Waals surface area (Å²) in [7, 11) is 5.18. The zero-order valence-corrected chi connectivity index (χ0v) is 22.2. The van der Waals surface area contributed by atoms with Crippen molar-refractivity contribution in [3.8, 4) is 17.2 Å². The number of nitrogens with zero attached hydrogens (tertiary/aromatic N) is 5. The van der Waals surface area contributed by atoms with Gasteiger partial charge in [0.15, 0.2) is 11.5 Å². The molecule has 5 aromatic rings. The lowest BCUT2D eigenvalue weighted by atomic mass is 10.1. The molecule has 0 fully saturated rings. The molecule has 2 N–H and O–H groups in total. The Bertz CT molecular complexity index is 1670. The van der Waals surface area contributed by atoms with Crippen molar-refractivity contribution in [2.45, 2.75) is 13.5 Å². The Morgan fingerprint density at radius 3 is 2.46 bits per heavy atom. The van der Waals surface area contributed by atoms with Crippen LogP contribution in [0, 0.1) is 6.92 Å². The van der Waals surface area contributed by atoms with Gasteiger partial charge in [-0.3, -0.25) is 25.0 Å². The van der Waals surface area contributed by atoms with Crippen molar-refractivity contribution in [3.05, 3.63) is 76.5 Å². The zero-order valence-electron chi connectivity index (χ0n) is 22.2. The molecule has 2 aromatic carbocycles. The number of likely N-dealkylation sites (N-methyl/N-ethyl adjacent to an activating group) is 1. The summed E-state index contributed by atoms with van der Waals surface area (Å²) >= 11 is 0. The van der Waals surface area contributed by atoms with E-state index in [2.05, 4.69) is 35.1 Å². The number of anilines is 2. The average molecular weight is 528 g/mol. The fourth-order valence-corrected chi connectivity index (χ4v) is 4.24. The van der Waals surface area contributed by atoms with Crippen LogP contribution in [0.4, 0.5) is 11.9 Å². The second-order valence-corrected chi connectivity index (χ2v) is 9.02. The highest BCUT2D eigenvalue weighted by molar-refractivity contribution is 5.86. The summed E-state index contributed by atoms with van der Waals surface area (Å²) < 4.78 is 16.7. The number of rotatable bonds is 10. The van der Waals surface area contributed by atoms with Crippen molar-refractivity contribution in [1.82, 2.24) is 29.8 Å². The minimum atomic E-state index is -0.299. The van der Waals surface area contributed by atoms with E-state index in [0.717, 1.165) is 24.2 Å². The maximum atomic E-state index is 12.9. The topological polar surface area (TPSA) is 127 Å². The number of methoxy groups -OCH3 is 2. The Morgan fingerprint density at radius 2 is 1.69 bits per heavy atom. The molecule has 11 heteroatoms. The van der Waals surface area contributed by atoms with E-state index in [9.17, 15) is 4.79 Å². The number of nitrogens with one attached hydrogen (secondary N) is 2. The summed E-state index contributed by atoms with van der Waals surface area (Å²) in [5.74, 6) is 2.29. The molecule has 0 saturated heterocycles. The molecule has 0 aliphatic carbocycles. The van der Waals surface area contributed by atoms with Crippen molar-refractivity contribution in [2.75, 3.05) is 39.7 Å². The van der Waals surface area contributed by atoms with Gasteiger partial charge in [-0.15, -0.1) is 0 Å². The van der Waals surface area contributed by atoms with E-state index in [4.69, 9.17) is 14.2 Å². The standard InChI is InChI=1S/C28H29N7O4/c1-17-20-14-24(37-3)25(38-4)15-23(20)32-27(30-17)34-28-31-22-6-5-19(13-21(22)26(36)33-28)39-12-11-35(2)16-18-7-9-29-10-8-18/h5-10,13-15H,11-12,16H2,1-4H3,(H2,30,31,32,33,34,36). The van der Waals surface area contributed by atoms with Gasteiger partial charge >= 0.3 is 0 Å². The molecule has 0 unspecified atom stereocenters. The SMILES string of the molecule is COc1cc2nc(Nc3nc4ccc(OCCN(C)Cc5ccncc5)cc4c(=O)[nH]3)nc(C)c2cc1OC. The molecule has 39 heavy (non-hydrogen) atoms. The summed E-state index contributed by atoms with van der Waals surface area (Å²) in [5, 5.41) is 4.27. The fourth-order valence-electron chi connectivity index (χ4n) is 4.24. The number of H-pyrrole nitrogens is 1. The van der Waals surface area contributed by atoms with E-state index in [1.54, 1.807) is 50.9 Å². The Balaban J connectivity index is 1.29. The van der Waals surface area contributed by atoms with Gasteiger partial charge in [-0.25, -0.2) is 15.0 Å². The second kappa shape index (κ2) is 11.3. The maximum Gasteiger partial charge on any atom is 0.260 e. The van der Waals surface area contributed by atoms with Gasteiger partial charge in [-0.1, -0.05) is 0 Å². The molecule has 0 aliphatic rings. The van der Waals surface area contributed by atoms with Gasteiger partial charge in [0.05, 0.1) is 36.3 Å². The predicted octanol–water partition coefficient (Wildman–Crippen LogP) is 3.84. The van der Waals surface area contributed by atoms with Crippen LogP contribution in [0.2, 0.25) is 0 Å². The van der Waals surface area contributed by atoms with E-state index in [1.165, 1.54) is 5.56 Å². The Kier molecular flexibility index (Phi) is 7.50. The predicted molar refractivity (Wildman–Crippen MR) is 149 cm³/mol. The molecule has 5 rings (SSSR count). The molecular formula is C28H29N7O4. The molecule has 0 radical (unpaired) electrons. The largest absolute Gasteiger partial charge is 0.493 e. The van der Waals surface area contributed by atoms with Gasteiger partial charge in [0.2, 0.25) is 11.9 Å². The van der Waals surface area contributed by atoms with Crippen molar-refractivity contribution >= 4 is 33.7 Å². The Labute approximate surface area is 224 Å². The van der Waals surface area contributed by atoms with Crippen LogP contribution in [0.25, 0.3) is 21.8 Å². The third-order valence-corrected chi connectivity index (χ3v) is 6.24. The van der Waals surface area contributed by atoms with Crippen LogP contribution in [0.1, 0.15) is 11.3 Å². The lowest BCUT2D eigenvalue weighted by molar-refractivity contribution is 0.233. The Morgan fingerprint density at radius 1 is 0.923 bits per heavy atom. The lowest BCUT2D eigenvalue weighted by Gasteiger charge is -2.17.